The van der Waals surface area contributed by atoms with Crippen LogP contribution in [0.2, 0.25) is 0 Å². The van der Waals surface area contributed by atoms with Gasteiger partial charge in [-0.3, -0.25) is 19.0 Å². The standard InChI is InChI=1S/C23H26N2O9/c1-5-6-7-8-9-17-10-16-11-25(23(29)24-21(16)33-17)22-20(32-15(4)28)19(31-14(3)27)18(34-22)12-30-13(2)26/h10-11,18-20,22H,5-7,12H2,1-4H3/t18-,19-,20+,22-/m1/s1. The molecule has 11 nitrogen and oxygen atoms in total. The number of hydrogen-bond donors (Lipinski definition) is 0. The third-order valence-corrected chi connectivity index (χ3v) is 4.92. The molecule has 11 heteroatoms. The van der Waals surface area contributed by atoms with Crippen LogP contribution in [0.4, 0.5) is 0 Å². The monoisotopic (exact) mass is 474 g/mol. The van der Waals surface area contributed by atoms with Crippen LogP contribution in [0.1, 0.15) is 58.9 Å². The molecule has 3 heterocycles. The fraction of sp³-hybridized carbons (Fsp3) is 0.522. The van der Waals surface area contributed by atoms with Crippen molar-refractivity contribution in [3.8, 4) is 11.8 Å². The van der Waals surface area contributed by atoms with Gasteiger partial charge in [-0.1, -0.05) is 19.3 Å². The van der Waals surface area contributed by atoms with Gasteiger partial charge in [0.05, 0.1) is 5.39 Å². The Bertz CT molecular complexity index is 1190. The first-order valence-corrected chi connectivity index (χ1v) is 10.8. The number of hydrogen-bond acceptors (Lipinski definition) is 10. The van der Waals surface area contributed by atoms with E-state index in [0.29, 0.717) is 11.1 Å². The zero-order chi connectivity index (χ0) is 24.8. The second kappa shape index (κ2) is 11.0. The van der Waals surface area contributed by atoms with Gasteiger partial charge in [-0.05, 0) is 12.3 Å². The van der Waals surface area contributed by atoms with Crippen molar-refractivity contribution < 1.29 is 37.7 Å². The summed E-state index contributed by atoms with van der Waals surface area (Å²) in [5.41, 5.74) is -0.653. The lowest BCUT2D eigenvalue weighted by Gasteiger charge is -2.23. The summed E-state index contributed by atoms with van der Waals surface area (Å²) in [6.45, 7) is 5.34. The number of fused-ring (bicyclic) bond motifs is 1. The molecule has 34 heavy (non-hydrogen) atoms. The summed E-state index contributed by atoms with van der Waals surface area (Å²) in [5, 5.41) is 0.469. The van der Waals surface area contributed by atoms with Gasteiger partial charge in [-0.25, -0.2) is 4.79 Å². The van der Waals surface area contributed by atoms with E-state index in [-0.39, 0.29) is 12.3 Å². The van der Waals surface area contributed by atoms with E-state index in [2.05, 4.69) is 23.7 Å². The van der Waals surface area contributed by atoms with Crippen molar-refractivity contribution in [3.05, 3.63) is 28.5 Å². The maximum atomic E-state index is 12.8. The summed E-state index contributed by atoms with van der Waals surface area (Å²) in [6, 6.07) is 1.63. The first kappa shape index (κ1) is 25.0. The normalized spacial score (nSPS) is 21.5. The molecule has 1 aliphatic rings. The Hall–Kier alpha value is -3.65. The van der Waals surface area contributed by atoms with E-state index in [1.165, 1.54) is 27.0 Å². The van der Waals surface area contributed by atoms with Crippen LogP contribution in [0.5, 0.6) is 0 Å². The SMILES string of the molecule is CCCCC#Cc1cc2cn([C@@H]3O[C@H](COC(C)=O)[C@@H](OC(C)=O)[C@@H]3OC(C)=O)c(=O)nc2o1. The topological polar surface area (TPSA) is 136 Å². The second-order valence-electron chi connectivity index (χ2n) is 7.72. The van der Waals surface area contributed by atoms with Gasteiger partial charge in [0.1, 0.15) is 12.7 Å². The Morgan fingerprint density at radius 1 is 1.12 bits per heavy atom. The van der Waals surface area contributed by atoms with Crippen molar-refractivity contribution in [2.24, 2.45) is 0 Å². The van der Waals surface area contributed by atoms with Crippen LogP contribution in [0, 0.1) is 11.8 Å². The fourth-order valence-corrected chi connectivity index (χ4v) is 3.50. The molecule has 1 fully saturated rings. The van der Waals surface area contributed by atoms with Crippen molar-refractivity contribution in [1.29, 1.82) is 0 Å². The Morgan fingerprint density at radius 3 is 2.47 bits per heavy atom. The lowest BCUT2D eigenvalue weighted by molar-refractivity contribution is -0.166. The number of carbonyl (C=O) groups is 3. The number of esters is 3. The molecule has 3 rings (SSSR count). The molecule has 0 saturated carbocycles. The maximum Gasteiger partial charge on any atom is 0.353 e. The van der Waals surface area contributed by atoms with Crippen LogP contribution < -0.4 is 5.69 Å². The molecular formula is C23H26N2O9. The highest BCUT2D eigenvalue weighted by Gasteiger charge is 2.51. The highest BCUT2D eigenvalue weighted by Crippen LogP contribution is 2.34. The molecule has 4 atom stereocenters. The highest BCUT2D eigenvalue weighted by molar-refractivity contribution is 5.74. The average Bonchev–Trinajstić information content (AvgIpc) is 3.29. The molecule has 0 N–H and O–H groups in total. The average molecular weight is 474 g/mol. The van der Waals surface area contributed by atoms with E-state index in [1.807, 2.05) is 0 Å². The molecule has 0 spiro atoms. The molecule has 1 aliphatic heterocycles. The first-order valence-electron chi connectivity index (χ1n) is 10.8. The predicted octanol–water partition coefficient (Wildman–Crippen LogP) is 1.86. The molecular weight excluding hydrogens is 448 g/mol. The van der Waals surface area contributed by atoms with E-state index < -0.39 is 48.1 Å². The fourth-order valence-electron chi connectivity index (χ4n) is 3.50. The van der Waals surface area contributed by atoms with Crippen LogP contribution >= 0.6 is 0 Å². The van der Waals surface area contributed by atoms with Crippen molar-refractivity contribution >= 4 is 29.0 Å². The molecule has 2 aromatic rings. The molecule has 0 amide bonds. The van der Waals surface area contributed by atoms with E-state index in [4.69, 9.17) is 23.4 Å². The number of carbonyl (C=O) groups excluding carboxylic acids is 3. The summed E-state index contributed by atoms with van der Waals surface area (Å²) in [5.74, 6) is 4.33. The number of rotatable bonds is 7. The van der Waals surface area contributed by atoms with Crippen LogP contribution in [0.3, 0.4) is 0 Å². The van der Waals surface area contributed by atoms with Crippen molar-refractivity contribution in [1.82, 2.24) is 9.55 Å². The Labute approximate surface area is 195 Å². The first-order chi connectivity index (χ1) is 16.2. The minimum atomic E-state index is -1.20. The van der Waals surface area contributed by atoms with Crippen molar-refractivity contribution in [2.75, 3.05) is 6.61 Å². The molecule has 0 unspecified atom stereocenters. The minimum absolute atomic E-state index is 0.0936. The van der Waals surface area contributed by atoms with Gasteiger partial charge in [0, 0.05) is 39.5 Å². The summed E-state index contributed by atoms with van der Waals surface area (Å²) in [7, 11) is 0. The molecule has 182 valence electrons. The number of furan rings is 1. The van der Waals surface area contributed by atoms with E-state index >= 15 is 0 Å². The maximum absolute atomic E-state index is 12.8. The summed E-state index contributed by atoms with van der Waals surface area (Å²) in [4.78, 5) is 51.5. The predicted molar refractivity (Wildman–Crippen MR) is 116 cm³/mol. The molecule has 0 aromatic carbocycles. The quantitative estimate of drug-likeness (QED) is 0.253. The molecule has 2 aromatic heterocycles. The third-order valence-electron chi connectivity index (χ3n) is 4.92. The van der Waals surface area contributed by atoms with Gasteiger partial charge in [0.2, 0.25) is 5.71 Å². The van der Waals surface area contributed by atoms with Gasteiger partial charge in [-0.15, -0.1) is 0 Å². The van der Waals surface area contributed by atoms with E-state index in [0.717, 1.165) is 23.8 Å². The van der Waals surface area contributed by atoms with Crippen LogP contribution in [0.25, 0.3) is 11.1 Å². The molecule has 0 aliphatic carbocycles. The number of nitrogens with zero attached hydrogens (tertiary/aromatic N) is 2. The Morgan fingerprint density at radius 2 is 1.82 bits per heavy atom. The van der Waals surface area contributed by atoms with Crippen LogP contribution in [-0.2, 0) is 33.3 Å². The van der Waals surface area contributed by atoms with Crippen LogP contribution in [-0.4, -0.2) is 52.4 Å². The summed E-state index contributed by atoms with van der Waals surface area (Å²) < 4.78 is 28.2. The third kappa shape index (κ3) is 6.02. The highest BCUT2D eigenvalue weighted by atomic mass is 16.7. The summed E-state index contributed by atoms with van der Waals surface area (Å²) in [6.07, 6.45) is -0.378. The number of unbranched alkanes of at least 4 members (excludes halogenated alkanes) is 2. The van der Waals surface area contributed by atoms with Gasteiger partial charge in [-0.2, -0.15) is 4.98 Å². The van der Waals surface area contributed by atoms with Gasteiger partial charge < -0.3 is 23.4 Å². The number of aromatic nitrogens is 2. The number of ether oxygens (including phenoxy) is 4. The zero-order valence-electron chi connectivity index (χ0n) is 19.4. The van der Waals surface area contributed by atoms with E-state index in [1.54, 1.807) is 6.07 Å². The minimum Gasteiger partial charge on any atom is -0.463 e. The molecule has 0 bridgehead atoms. The smallest absolute Gasteiger partial charge is 0.353 e. The lowest BCUT2D eigenvalue weighted by Crippen LogP contribution is -2.41. The Kier molecular flexibility index (Phi) is 8.07. The summed E-state index contributed by atoms with van der Waals surface area (Å²) >= 11 is 0. The molecule has 1 saturated heterocycles. The van der Waals surface area contributed by atoms with Crippen LogP contribution in [0.15, 0.2) is 21.5 Å². The second-order valence-corrected chi connectivity index (χ2v) is 7.72. The Balaban J connectivity index is 1.98. The zero-order valence-corrected chi connectivity index (χ0v) is 19.4. The lowest BCUT2D eigenvalue weighted by atomic mass is 10.1. The van der Waals surface area contributed by atoms with E-state index in [9.17, 15) is 19.2 Å². The van der Waals surface area contributed by atoms with Crippen molar-refractivity contribution in [2.45, 2.75) is 71.5 Å². The van der Waals surface area contributed by atoms with Gasteiger partial charge in [0.25, 0.3) is 0 Å². The van der Waals surface area contributed by atoms with Gasteiger partial charge in [0.15, 0.2) is 24.2 Å². The molecule has 0 radical (unpaired) electrons. The van der Waals surface area contributed by atoms with Gasteiger partial charge >= 0.3 is 23.6 Å². The van der Waals surface area contributed by atoms with Crippen molar-refractivity contribution in [3.63, 3.8) is 0 Å². The largest absolute Gasteiger partial charge is 0.463 e.